The van der Waals surface area contributed by atoms with Crippen LogP contribution in [0.3, 0.4) is 0 Å². The quantitative estimate of drug-likeness (QED) is 0.115. The summed E-state index contributed by atoms with van der Waals surface area (Å²) in [6.07, 6.45) is 1.14. The van der Waals surface area contributed by atoms with Crippen molar-refractivity contribution < 1.29 is 23.9 Å². The van der Waals surface area contributed by atoms with Crippen LogP contribution in [0.4, 0.5) is 0 Å². The largest absolute Gasteiger partial charge is 0.497 e. The highest BCUT2D eigenvalue weighted by Crippen LogP contribution is 2.29. The van der Waals surface area contributed by atoms with Gasteiger partial charge in [-0.25, -0.2) is 4.72 Å². The number of ketones is 1. The summed E-state index contributed by atoms with van der Waals surface area (Å²) in [5.41, 5.74) is 0.952. The first-order valence-electron chi connectivity index (χ1n) is 12.7. The molecular formula is C28H37N3O5S2. The van der Waals surface area contributed by atoms with Gasteiger partial charge >= 0.3 is 0 Å². The average molecular weight is 560 g/mol. The zero-order chi connectivity index (χ0) is 27.7. The summed E-state index contributed by atoms with van der Waals surface area (Å²) in [5.74, 6) is 0.00537. The maximum absolute atomic E-state index is 13.6. The fraction of sp³-hybridized carbons (Fsp3) is 0.464. The van der Waals surface area contributed by atoms with Crippen molar-refractivity contribution in [2.24, 2.45) is 5.92 Å². The first-order valence-corrected chi connectivity index (χ1v) is 14.5. The van der Waals surface area contributed by atoms with Crippen molar-refractivity contribution in [2.45, 2.75) is 63.8 Å². The summed E-state index contributed by atoms with van der Waals surface area (Å²) in [4.78, 5) is 40.1. The van der Waals surface area contributed by atoms with Crippen LogP contribution >= 0.6 is 22.6 Å². The van der Waals surface area contributed by atoms with Crippen molar-refractivity contribution in [3.63, 3.8) is 0 Å². The van der Waals surface area contributed by atoms with Gasteiger partial charge in [-0.1, -0.05) is 68.0 Å². The number of nitrogens with one attached hydrogen (secondary N) is 3. The number of carbonyl (C=O) groups excluding carboxylic acids is 3. The van der Waals surface area contributed by atoms with E-state index in [1.807, 2.05) is 68.4 Å². The summed E-state index contributed by atoms with van der Waals surface area (Å²) in [7, 11) is 2.63. The van der Waals surface area contributed by atoms with E-state index in [1.54, 1.807) is 14.0 Å². The lowest BCUT2D eigenvalue weighted by Gasteiger charge is -2.26. The van der Waals surface area contributed by atoms with Crippen LogP contribution in [-0.2, 0) is 32.0 Å². The Kier molecular flexibility index (Phi) is 11.1. The maximum atomic E-state index is 13.6. The third kappa shape index (κ3) is 8.76. The van der Waals surface area contributed by atoms with Gasteiger partial charge in [0.25, 0.3) is 0 Å². The minimum atomic E-state index is -0.884. The number of Topliss-reactive ketones (excluding diaryl/α,β-unsaturated/α-hetero) is 1. The Balaban J connectivity index is 1.78. The van der Waals surface area contributed by atoms with Gasteiger partial charge in [0.2, 0.25) is 11.8 Å². The molecule has 1 fully saturated rings. The summed E-state index contributed by atoms with van der Waals surface area (Å²) in [5, 5.41) is 5.83. The Bertz CT molecular complexity index is 1080. The van der Waals surface area contributed by atoms with E-state index in [9.17, 15) is 14.4 Å². The molecule has 0 bridgehead atoms. The maximum Gasteiger partial charge on any atom is 0.243 e. The highest BCUT2D eigenvalue weighted by atomic mass is 33.1. The molecule has 206 valence electrons. The molecular weight excluding hydrogens is 522 g/mol. The van der Waals surface area contributed by atoms with Crippen molar-refractivity contribution in [3.05, 3.63) is 65.7 Å². The monoisotopic (exact) mass is 559 g/mol. The average Bonchev–Trinajstić information content (AvgIpc) is 3.66. The van der Waals surface area contributed by atoms with Crippen molar-refractivity contribution in [2.75, 3.05) is 13.7 Å². The number of hydrogen-bond donors (Lipinski definition) is 4. The molecule has 0 aliphatic carbocycles. The van der Waals surface area contributed by atoms with Crippen molar-refractivity contribution in [3.8, 4) is 5.75 Å². The second-order valence-electron chi connectivity index (χ2n) is 10.1. The lowest BCUT2D eigenvalue weighted by Crippen LogP contribution is -2.56. The summed E-state index contributed by atoms with van der Waals surface area (Å²) in [6.45, 7) is 6.08. The fourth-order valence-corrected chi connectivity index (χ4v) is 4.87. The Labute approximate surface area is 233 Å². The number of carbonyl (C=O) groups is 3. The lowest BCUT2D eigenvalue weighted by molar-refractivity contribution is -0.133. The number of amides is 2. The van der Waals surface area contributed by atoms with Gasteiger partial charge in [0, 0.05) is 6.42 Å². The number of methoxy groups -OCH3 is 1. The van der Waals surface area contributed by atoms with Gasteiger partial charge in [0.15, 0.2) is 5.78 Å². The second-order valence-corrected chi connectivity index (χ2v) is 11.1. The van der Waals surface area contributed by atoms with E-state index >= 15 is 0 Å². The standard InChI is InChI=1S/C28H37N3O5S2/c1-18(2)14-22(25(32)28(3)17-36-28)29-26(33)23(15-19-8-6-5-7-9-19)30-27(34)24(31-38-37)16-20-10-12-21(35-4)13-11-20/h5-13,18,22-24,31,37H,14-17H2,1-4H3,(H,29,33)(H,30,34)/t22?,23-,24-,28+/m0/s1. The smallest absolute Gasteiger partial charge is 0.243 e. The van der Waals surface area contributed by atoms with E-state index in [-0.39, 0.29) is 24.0 Å². The first kappa shape index (κ1) is 30.0. The molecule has 1 heterocycles. The predicted octanol–water partition coefficient (Wildman–Crippen LogP) is 3.31. The number of epoxide rings is 1. The Morgan fingerprint density at radius 2 is 1.50 bits per heavy atom. The third-order valence-electron chi connectivity index (χ3n) is 6.46. The third-order valence-corrected chi connectivity index (χ3v) is 7.17. The summed E-state index contributed by atoms with van der Waals surface area (Å²) in [6, 6.07) is 14.7. The highest BCUT2D eigenvalue weighted by Gasteiger charge is 2.50. The molecule has 1 aliphatic rings. The Morgan fingerprint density at radius 3 is 2.05 bits per heavy atom. The van der Waals surface area contributed by atoms with Crippen molar-refractivity contribution in [1.82, 2.24) is 15.4 Å². The normalized spacial score (nSPS) is 18.8. The number of hydrogen-bond acceptors (Lipinski definition) is 8. The molecule has 3 N–H and O–H groups in total. The number of thiol groups is 1. The van der Waals surface area contributed by atoms with Gasteiger partial charge in [0.05, 0.1) is 19.8 Å². The zero-order valence-corrected chi connectivity index (χ0v) is 23.9. The van der Waals surface area contributed by atoms with Gasteiger partial charge in [-0.3, -0.25) is 14.4 Å². The van der Waals surface area contributed by atoms with Crippen LogP contribution in [0.1, 0.15) is 38.3 Å². The van der Waals surface area contributed by atoms with E-state index in [4.69, 9.17) is 9.47 Å². The summed E-state index contributed by atoms with van der Waals surface area (Å²) < 4.78 is 13.6. The summed E-state index contributed by atoms with van der Waals surface area (Å²) >= 11 is 4.17. The van der Waals surface area contributed by atoms with Crippen LogP contribution in [0.25, 0.3) is 0 Å². The topological polar surface area (TPSA) is 109 Å². The highest BCUT2D eigenvalue weighted by molar-refractivity contribution is 8.67. The van der Waals surface area contributed by atoms with Gasteiger partial charge in [-0.15, -0.1) is 0 Å². The lowest BCUT2D eigenvalue weighted by atomic mass is 9.93. The zero-order valence-electron chi connectivity index (χ0n) is 22.2. The van der Waals surface area contributed by atoms with Crippen molar-refractivity contribution >= 4 is 40.2 Å². The Morgan fingerprint density at radius 1 is 0.947 bits per heavy atom. The van der Waals surface area contributed by atoms with Crippen LogP contribution in [-0.4, -0.2) is 55.0 Å². The van der Waals surface area contributed by atoms with E-state index in [1.165, 1.54) is 0 Å². The van der Waals surface area contributed by atoms with Crippen molar-refractivity contribution in [1.29, 1.82) is 0 Å². The van der Waals surface area contributed by atoms with E-state index in [2.05, 4.69) is 27.0 Å². The fourth-order valence-electron chi connectivity index (χ4n) is 4.17. The molecule has 0 saturated carbocycles. The molecule has 2 amide bonds. The minimum absolute atomic E-state index is 0.144. The van der Waals surface area contributed by atoms with E-state index in [0.717, 1.165) is 27.9 Å². The first-order chi connectivity index (χ1) is 18.1. The SMILES string of the molecule is COc1ccc(C[C@H](NSS)C(=O)N[C@@H](Cc2ccccc2)C(=O)NC(CC(C)C)C(=O)[C@@]2(C)CO2)cc1. The second kappa shape index (κ2) is 14.0. The van der Waals surface area contributed by atoms with Crippen LogP contribution < -0.4 is 20.1 Å². The number of benzene rings is 2. The molecule has 0 spiro atoms. The Hall–Kier alpha value is -2.53. The van der Waals surface area contributed by atoms with Gasteiger partial charge in [-0.2, -0.15) is 0 Å². The van der Waals surface area contributed by atoms with Gasteiger partial charge in [-0.05, 0) is 59.9 Å². The van der Waals surface area contributed by atoms with E-state index < -0.39 is 29.6 Å². The van der Waals surface area contributed by atoms with Crippen LogP contribution in [0, 0.1) is 5.92 Å². The van der Waals surface area contributed by atoms with Crippen LogP contribution in [0.2, 0.25) is 0 Å². The molecule has 2 aromatic carbocycles. The molecule has 1 unspecified atom stereocenters. The van der Waals surface area contributed by atoms with Gasteiger partial charge < -0.3 is 20.1 Å². The molecule has 8 nitrogen and oxygen atoms in total. The molecule has 10 heteroatoms. The minimum Gasteiger partial charge on any atom is -0.497 e. The van der Waals surface area contributed by atoms with E-state index in [0.29, 0.717) is 19.4 Å². The van der Waals surface area contributed by atoms with Crippen LogP contribution in [0.15, 0.2) is 54.6 Å². The molecule has 4 atom stereocenters. The van der Waals surface area contributed by atoms with Crippen LogP contribution in [0.5, 0.6) is 5.75 Å². The molecule has 0 aromatic heterocycles. The number of ether oxygens (including phenoxy) is 2. The molecule has 38 heavy (non-hydrogen) atoms. The predicted molar refractivity (Wildman–Crippen MR) is 153 cm³/mol. The van der Waals surface area contributed by atoms with Gasteiger partial charge in [0.1, 0.15) is 23.4 Å². The molecule has 3 rings (SSSR count). The molecule has 1 saturated heterocycles. The molecule has 1 aliphatic heterocycles. The molecule has 0 radical (unpaired) electrons. The number of rotatable bonds is 15. The molecule has 2 aromatic rings.